The number of hydrogen-bond acceptors (Lipinski definition) is 4. The first kappa shape index (κ1) is 20.5. The van der Waals surface area contributed by atoms with E-state index < -0.39 is 0 Å². The number of aliphatic hydroxyl groups is 1. The second-order valence-electron chi connectivity index (χ2n) is 8.27. The third kappa shape index (κ3) is 4.48. The number of aryl methyl sites for hydroxylation is 1. The fraction of sp³-hybridized carbons (Fsp3) is 0.269. The van der Waals surface area contributed by atoms with E-state index in [0.29, 0.717) is 0 Å². The average Bonchev–Trinajstić information content (AvgIpc) is 3.37. The minimum Gasteiger partial charge on any atom is 0.0305 e. The molecule has 2 aromatic carbocycles. The summed E-state index contributed by atoms with van der Waals surface area (Å²) in [4.78, 5) is 14.3. The van der Waals surface area contributed by atoms with E-state index in [0.717, 1.165) is 57.7 Å². The van der Waals surface area contributed by atoms with Gasteiger partial charge in [0, 0.05) is 6.20 Å². The molecule has 158 valence electrons. The van der Waals surface area contributed by atoms with E-state index in [-0.39, 0.29) is 27.3 Å². The molecule has 0 radical (unpaired) electrons. The number of halogens is 1. The van der Waals surface area contributed by atoms with E-state index in [9.17, 15) is 5.11 Å². The normalized spacial score (nSPS) is 15.5. The fourth-order valence-electron chi connectivity index (χ4n) is 3.91. The third-order valence-corrected chi connectivity index (χ3v) is 8.38. The Labute approximate surface area is 193 Å². The summed E-state index contributed by atoms with van der Waals surface area (Å²) in [5.41, 5.74) is 10.2. The van der Waals surface area contributed by atoms with Crippen LogP contribution in [0.5, 0.6) is 0 Å². The number of aliphatic imine (C=N–C) groups is 2. The first-order chi connectivity index (χ1) is 15.0. The van der Waals surface area contributed by atoms with Gasteiger partial charge in [-0.05, 0) is 12.5 Å². The van der Waals surface area contributed by atoms with E-state index >= 15 is 0 Å². The molecule has 4 nitrogen and oxygen atoms in total. The van der Waals surface area contributed by atoms with Gasteiger partial charge in [-0.1, -0.05) is 6.07 Å². The van der Waals surface area contributed by atoms with Crippen LogP contribution in [0.4, 0.5) is 11.4 Å². The van der Waals surface area contributed by atoms with Crippen molar-refractivity contribution in [3.8, 4) is 0 Å². The number of benzene rings is 2. The molecule has 1 aromatic heterocycles. The van der Waals surface area contributed by atoms with Crippen molar-refractivity contribution in [1.82, 2.24) is 4.98 Å². The third-order valence-electron chi connectivity index (χ3n) is 5.66. The Kier molecular flexibility index (Phi) is 5.71. The van der Waals surface area contributed by atoms with Gasteiger partial charge in [-0.3, -0.25) is 0 Å². The Hall–Kier alpha value is -2.38. The van der Waals surface area contributed by atoms with Crippen LogP contribution >= 0.6 is 0 Å². The summed E-state index contributed by atoms with van der Waals surface area (Å²) in [7, 11) is 0. The fourth-order valence-corrected chi connectivity index (χ4v) is 6.77. The second-order valence-corrected chi connectivity index (χ2v) is 11.4. The number of pyridine rings is 1. The van der Waals surface area contributed by atoms with Crippen LogP contribution in [-0.2, 0) is 12.8 Å². The van der Waals surface area contributed by atoms with Crippen LogP contribution in [0.25, 0.3) is 0 Å². The SMILES string of the molecule is Cc1ccc(C2=Nc3ccc(C4=Nc5ccc([I-]CCC(C)O)cc5C4)cc3C2)nc1. The molecular weight excluding hydrogens is 497 g/mol. The summed E-state index contributed by atoms with van der Waals surface area (Å²) in [5, 5.41) is 9.49. The molecule has 3 heterocycles. The van der Waals surface area contributed by atoms with E-state index in [1.54, 1.807) is 0 Å². The number of alkyl halides is 1. The summed E-state index contributed by atoms with van der Waals surface area (Å²) in [6.45, 7) is 3.92. The maximum absolute atomic E-state index is 9.49. The van der Waals surface area contributed by atoms with Gasteiger partial charge in [0.15, 0.2) is 0 Å². The van der Waals surface area contributed by atoms with Crippen molar-refractivity contribution in [2.45, 2.75) is 39.2 Å². The molecule has 0 aliphatic carbocycles. The predicted octanol–water partition coefficient (Wildman–Crippen LogP) is 1.77. The molecule has 0 bridgehead atoms. The van der Waals surface area contributed by atoms with Crippen LogP contribution < -0.4 is 21.2 Å². The van der Waals surface area contributed by atoms with Crippen LogP contribution in [0, 0.1) is 10.5 Å². The van der Waals surface area contributed by atoms with Gasteiger partial charge in [0.25, 0.3) is 0 Å². The van der Waals surface area contributed by atoms with E-state index in [1.165, 1.54) is 20.3 Å². The molecule has 2 aliphatic rings. The second kappa shape index (κ2) is 8.63. The molecule has 0 saturated heterocycles. The van der Waals surface area contributed by atoms with Crippen molar-refractivity contribution >= 4 is 22.8 Å². The zero-order valence-corrected chi connectivity index (χ0v) is 19.9. The van der Waals surface area contributed by atoms with Gasteiger partial charge in [-0.25, -0.2) is 0 Å². The molecule has 2 aliphatic heterocycles. The zero-order chi connectivity index (χ0) is 21.4. The molecular formula is C26H25IN3O-. The van der Waals surface area contributed by atoms with Crippen molar-refractivity contribution in [3.05, 3.63) is 86.2 Å². The summed E-state index contributed by atoms with van der Waals surface area (Å²) in [6, 6.07) is 17.4. The Morgan fingerprint density at radius 2 is 1.68 bits per heavy atom. The van der Waals surface area contributed by atoms with Crippen LogP contribution in [0.1, 0.15) is 41.3 Å². The Bertz CT molecular complexity index is 1200. The van der Waals surface area contributed by atoms with E-state index in [1.807, 2.05) is 13.1 Å². The van der Waals surface area contributed by atoms with Gasteiger partial charge < -0.3 is 0 Å². The van der Waals surface area contributed by atoms with Crippen molar-refractivity contribution in [3.63, 3.8) is 0 Å². The van der Waals surface area contributed by atoms with Crippen LogP contribution in [0.15, 0.2) is 64.7 Å². The molecule has 0 spiro atoms. The number of aromatic nitrogens is 1. The average molecular weight is 522 g/mol. The summed E-state index contributed by atoms with van der Waals surface area (Å²) in [6.07, 6.45) is 4.29. The molecule has 0 amide bonds. The molecule has 1 atom stereocenters. The van der Waals surface area contributed by atoms with Gasteiger partial charge in [0.05, 0.1) is 0 Å². The van der Waals surface area contributed by atoms with Gasteiger partial charge in [0.1, 0.15) is 0 Å². The van der Waals surface area contributed by atoms with E-state index in [2.05, 4.69) is 60.4 Å². The summed E-state index contributed by atoms with van der Waals surface area (Å²) >= 11 is -0.0506. The quantitative estimate of drug-likeness (QED) is 0.397. The molecule has 5 rings (SSSR count). The van der Waals surface area contributed by atoms with Crippen molar-refractivity contribution in [2.24, 2.45) is 9.98 Å². The molecule has 0 fully saturated rings. The topological polar surface area (TPSA) is 57.8 Å². The van der Waals surface area contributed by atoms with Crippen LogP contribution in [0.2, 0.25) is 0 Å². The molecule has 3 aromatic rings. The summed E-state index contributed by atoms with van der Waals surface area (Å²) in [5.74, 6) is 0. The number of nitrogens with zero attached hydrogens (tertiary/aromatic N) is 3. The Balaban J connectivity index is 1.30. The molecule has 1 N–H and O–H groups in total. The predicted molar refractivity (Wildman–Crippen MR) is 122 cm³/mol. The van der Waals surface area contributed by atoms with Crippen molar-refractivity contribution in [1.29, 1.82) is 0 Å². The standard InChI is InChI=1S/C26H25IN3O/c1-16-3-6-24(28-15-16)26-14-19-11-18(4-7-22(19)30-26)25-13-20-12-21(5-8-23(20)29-25)27-10-9-17(2)31/h3-8,11-12,15,17,31H,9-10,13-14H2,1-2H3/q-1. The Morgan fingerprint density at radius 1 is 0.935 bits per heavy atom. The van der Waals surface area contributed by atoms with Crippen molar-refractivity contribution in [2.75, 3.05) is 4.43 Å². The van der Waals surface area contributed by atoms with Crippen LogP contribution in [0.3, 0.4) is 0 Å². The summed E-state index contributed by atoms with van der Waals surface area (Å²) < 4.78 is 2.55. The van der Waals surface area contributed by atoms with Gasteiger partial charge >= 0.3 is 169 Å². The monoisotopic (exact) mass is 522 g/mol. The van der Waals surface area contributed by atoms with Crippen LogP contribution in [-0.4, -0.2) is 32.0 Å². The van der Waals surface area contributed by atoms with Gasteiger partial charge in [-0.2, -0.15) is 0 Å². The maximum atomic E-state index is 9.49. The first-order valence-electron chi connectivity index (χ1n) is 10.7. The van der Waals surface area contributed by atoms with Crippen molar-refractivity contribution < 1.29 is 26.3 Å². The molecule has 5 heteroatoms. The zero-order valence-electron chi connectivity index (χ0n) is 17.8. The van der Waals surface area contributed by atoms with E-state index in [4.69, 9.17) is 9.98 Å². The number of rotatable bonds is 6. The van der Waals surface area contributed by atoms with Gasteiger partial charge in [-0.15, -0.1) is 0 Å². The molecule has 0 saturated carbocycles. The number of aliphatic hydroxyl groups excluding tert-OH is 1. The Morgan fingerprint density at radius 3 is 2.45 bits per heavy atom. The number of hydrogen-bond donors (Lipinski definition) is 1. The smallest absolute Gasteiger partial charge is 0.0305 e. The molecule has 1 unspecified atom stereocenters. The minimum atomic E-state index is -0.199. The first-order valence-corrected chi connectivity index (χ1v) is 13.3. The number of fused-ring (bicyclic) bond motifs is 2. The van der Waals surface area contributed by atoms with Gasteiger partial charge in [0.2, 0.25) is 0 Å². The minimum absolute atomic E-state index is 0.0506. The molecule has 31 heavy (non-hydrogen) atoms.